The Labute approximate surface area is 172 Å². The van der Waals surface area contributed by atoms with Crippen molar-refractivity contribution in [3.63, 3.8) is 0 Å². The molecule has 2 aromatic carbocycles. The van der Waals surface area contributed by atoms with Gasteiger partial charge in [-0.2, -0.15) is 0 Å². The van der Waals surface area contributed by atoms with Gasteiger partial charge in [-0.3, -0.25) is 4.90 Å². The number of piperidine rings is 1. The standard InChI is InChI=1S/C22H28N2O4S/c1-16-5-4-6-18(13-16)15-24-11-9-20(10-12-24)23-29(26,27)21-8-7-19(14-17(21)2)22(25)28-3/h4-8,13-14,20,23H,9-12,15H2,1-3H3. The Kier molecular flexibility index (Phi) is 6.72. The summed E-state index contributed by atoms with van der Waals surface area (Å²) in [5.74, 6) is -0.481. The molecule has 1 aliphatic heterocycles. The van der Waals surface area contributed by atoms with Crippen molar-refractivity contribution in [2.24, 2.45) is 0 Å². The molecule has 29 heavy (non-hydrogen) atoms. The number of ether oxygens (including phenoxy) is 1. The first-order chi connectivity index (χ1) is 13.8. The van der Waals surface area contributed by atoms with Crippen LogP contribution in [0.5, 0.6) is 0 Å². The third kappa shape index (κ3) is 5.44. The molecule has 0 saturated carbocycles. The predicted molar refractivity (Wildman–Crippen MR) is 112 cm³/mol. The molecule has 0 spiro atoms. The first-order valence-electron chi connectivity index (χ1n) is 9.77. The number of hydrogen-bond acceptors (Lipinski definition) is 5. The molecule has 0 atom stereocenters. The van der Waals surface area contributed by atoms with Crippen LogP contribution >= 0.6 is 0 Å². The lowest BCUT2D eigenvalue weighted by Crippen LogP contribution is -2.44. The second-order valence-electron chi connectivity index (χ2n) is 7.63. The van der Waals surface area contributed by atoms with Crippen LogP contribution in [0.4, 0.5) is 0 Å². The van der Waals surface area contributed by atoms with Gasteiger partial charge >= 0.3 is 5.97 Å². The van der Waals surface area contributed by atoms with Crippen molar-refractivity contribution in [2.45, 2.75) is 44.2 Å². The largest absolute Gasteiger partial charge is 0.465 e. The lowest BCUT2D eigenvalue weighted by molar-refractivity contribution is 0.0600. The maximum Gasteiger partial charge on any atom is 0.337 e. The summed E-state index contributed by atoms with van der Waals surface area (Å²) >= 11 is 0. The zero-order chi connectivity index (χ0) is 21.0. The maximum absolute atomic E-state index is 12.8. The summed E-state index contributed by atoms with van der Waals surface area (Å²) in [6.07, 6.45) is 1.54. The van der Waals surface area contributed by atoms with E-state index in [0.29, 0.717) is 11.1 Å². The first kappa shape index (κ1) is 21.5. The van der Waals surface area contributed by atoms with Gasteiger partial charge < -0.3 is 4.74 Å². The summed E-state index contributed by atoms with van der Waals surface area (Å²) < 4.78 is 33.2. The van der Waals surface area contributed by atoms with Gasteiger partial charge in [0.25, 0.3) is 0 Å². The van der Waals surface area contributed by atoms with Crippen LogP contribution in [0, 0.1) is 13.8 Å². The molecular formula is C22H28N2O4S. The van der Waals surface area contributed by atoms with E-state index >= 15 is 0 Å². The molecule has 0 bridgehead atoms. The third-order valence-electron chi connectivity index (χ3n) is 5.28. The quantitative estimate of drug-likeness (QED) is 0.733. The Balaban J connectivity index is 1.60. The van der Waals surface area contributed by atoms with Crippen LogP contribution < -0.4 is 4.72 Å². The maximum atomic E-state index is 12.8. The monoisotopic (exact) mass is 416 g/mol. The Morgan fingerprint density at radius 2 is 1.86 bits per heavy atom. The SMILES string of the molecule is COC(=O)c1ccc(S(=O)(=O)NC2CCN(Cc3cccc(C)c3)CC2)c(C)c1. The van der Waals surface area contributed by atoms with Gasteiger partial charge in [-0.25, -0.2) is 17.9 Å². The number of esters is 1. The molecule has 6 nitrogen and oxygen atoms in total. The van der Waals surface area contributed by atoms with E-state index in [1.54, 1.807) is 13.0 Å². The van der Waals surface area contributed by atoms with E-state index in [4.69, 9.17) is 0 Å². The summed E-state index contributed by atoms with van der Waals surface area (Å²) in [5.41, 5.74) is 3.40. The second kappa shape index (κ2) is 9.07. The van der Waals surface area contributed by atoms with Crippen molar-refractivity contribution in [3.05, 3.63) is 64.7 Å². The van der Waals surface area contributed by atoms with Crippen LogP contribution in [0.25, 0.3) is 0 Å². The van der Waals surface area contributed by atoms with Crippen LogP contribution in [0.2, 0.25) is 0 Å². The third-order valence-corrected chi connectivity index (χ3v) is 6.96. The van der Waals surface area contributed by atoms with Gasteiger partial charge in [0.1, 0.15) is 0 Å². The fourth-order valence-corrected chi connectivity index (χ4v) is 5.29. The zero-order valence-electron chi connectivity index (χ0n) is 17.1. The van der Waals surface area contributed by atoms with Crippen molar-refractivity contribution in [2.75, 3.05) is 20.2 Å². The highest BCUT2D eigenvalue weighted by Gasteiger charge is 2.26. The highest BCUT2D eigenvalue weighted by Crippen LogP contribution is 2.20. The number of hydrogen-bond donors (Lipinski definition) is 1. The first-order valence-corrected chi connectivity index (χ1v) is 11.3. The van der Waals surface area contributed by atoms with Crippen molar-refractivity contribution in [3.8, 4) is 0 Å². The normalized spacial score (nSPS) is 16.0. The molecule has 7 heteroatoms. The minimum atomic E-state index is -3.64. The number of carbonyl (C=O) groups is 1. The van der Waals surface area contributed by atoms with E-state index in [0.717, 1.165) is 32.5 Å². The van der Waals surface area contributed by atoms with Gasteiger partial charge in [0.15, 0.2) is 0 Å². The van der Waals surface area contributed by atoms with Gasteiger partial charge in [0, 0.05) is 25.7 Å². The Bertz CT molecular complexity index is 980. The number of aryl methyl sites for hydroxylation is 2. The van der Waals surface area contributed by atoms with Gasteiger partial charge in [0.05, 0.1) is 17.6 Å². The van der Waals surface area contributed by atoms with E-state index < -0.39 is 16.0 Å². The molecule has 1 aliphatic rings. The summed E-state index contributed by atoms with van der Waals surface area (Å²) in [7, 11) is -2.34. The van der Waals surface area contributed by atoms with Gasteiger partial charge in [-0.1, -0.05) is 29.8 Å². The van der Waals surface area contributed by atoms with Crippen LogP contribution in [0.3, 0.4) is 0 Å². The lowest BCUT2D eigenvalue weighted by Gasteiger charge is -2.32. The zero-order valence-corrected chi connectivity index (χ0v) is 18.0. The molecule has 2 aromatic rings. The fourth-order valence-electron chi connectivity index (χ4n) is 3.76. The van der Waals surface area contributed by atoms with Crippen LogP contribution in [-0.4, -0.2) is 45.5 Å². The van der Waals surface area contributed by atoms with Gasteiger partial charge in [0.2, 0.25) is 10.0 Å². The highest BCUT2D eigenvalue weighted by molar-refractivity contribution is 7.89. The average Bonchev–Trinajstić information content (AvgIpc) is 2.68. The number of likely N-dealkylation sites (tertiary alicyclic amines) is 1. The Hall–Kier alpha value is -2.22. The second-order valence-corrected chi connectivity index (χ2v) is 9.32. The Morgan fingerprint density at radius 1 is 1.14 bits per heavy atom. The lowest BCUT2D eigenvalue weighted by atomic mass is 10.0. The summed E-state index contributed by atoms with van der Waals surface area (Å²) in [6, 6.07) is 12.9. The molecule has 3 rings (SSSR count). The van der Waals surface area contributed by atoms with Gasteiger partial charge in [-0.05, 0) is 56.0 Å². The van der Waals surface area contributed by atoms with Crippen LogP contribution in [0.15, 0.2) is 47.4 Å². The molecule has 1 fully saturated rings. The Morgan fingerprint density at radius 3 is 2.48 bits per heavy atom. The van der Waals surface area contributed by atoms with Crippen LogP contribution in [-0.2, 0) is 21.3 Å². The van der Waals surface area contributed by atoms with E-state index in [9.17, 15) is 13.2 Å². The highest BCUT2D eigenvalue weighted by atomic mass is 32.2. The number of sulfonamides is 1. The minimum Gasteiger partial charge on any atom is -0.465 e. The molecule has 1 heterocycles. The van der Waals surface area contributed by atoms with E-state index in [1.165, 1.54) is 30.4 Å². The smallest absolute Gasteiger partial charge is 0.337 e. The minimum absolute atomic E-state index is 0.0894. The topological polar surface area (TPSA) is 75.7 Å². The summed E-state index contributed by atoms with van der Waals surface area (Å²) in [6.45, 7) is 6.35. The summed E-state index contributed by atoms with van der Waals surface area (Å²) in [5, 5.41) is 0. The van der Waals surface area contributed by atoms with E-state index in [1.807, 2.05) is 0 Å². The molecular weight excluding hydrogens is 388 g/mol. The predicted octanol–water partition coefficient (Wildman–Crippen LogP) is 3.03. The molecule has 0 amide bonds. The molecule has 0 aliphatic carbocycles. The molecule has 1 N–H and O–H groups in total. The summed E-state index contributed by atoms with van der Waals surface area (Å²) in [4.78, 5) is 14.2. The number of methoxy groups -OCH3 is 1. The molecule has 0 radical (unpaired) electrons. The van der Waals surface area contributed by atoms with Crippen LogP contribution in [0.1, 0.15) is 39.9 Å². The van der Waals surface area contributed by atoms with E-state index in [-0.39, 0.29) is 10.9 Å². The molecule has 1 saturated heterocycles. The number of nitrogens with one attached hydrogen (secondary N) is 1. The average molecular weight is 417 g/mol. The van der Waals surface area contributed by atoms with Crippen molar-refractivity contribution >= 4 is 16.0 Å². The molecule has 0 unspecified atom stereocenters. The molecule has 156 valence electrons. The number of carbonyl (C=O) groups excluding carboxylic acids is 1. The van der Waals surface area contributed by atoms with E-state index in [2.05, 4.69) is 45.5 Å². The number of benzene rings is 2. The van der Waals surface area contributed by atoms with Crippen molar-refractivity contribution in [1.82, 2.24) is 9.62 Å². The van der Waals surface area contributed by atoms with Crippen molar-refractivity contribution < 1.29 is 17.9 Å². The number of rotatable bonds is 6. The number of nitrogens with zero attached hydrogens (tertiary/aromatic N) is 1. The fraction of sp³-hybridized carbons (Fsp3) is 0.409. The van der Waals surface area contributed by atoms with Gasteiger partial charge in [-0.15, -0.1) is 0 Å². The van der Waals surface area contributed by atoms with Crippen molar-refractivity contribution in [1.29, 1.82) is 0 Å². The molecule has 0 aromatic heterocycles.